The van der Waals surface area contributed by atoms with Crippen molar-refractivity contribution in [3.8, 4) is 5.75 Å². The van der Waals surface area contributed by atoms with Crippen molar-refractivity contribution < 1.29 is 22.3 Å². The van der Waals surface area contributed by atoms with Crippen molar-refractivity contribution in [2.45, 2.75) is 30.6 Å². The molecule has 154 valence electrons. The van der Waals surface area contributed by atoms with E-state index in [1.54, 1.807) is 23.1 Å². The summed E-state index contributed by atoms with van der Waals surface area (Å²) in [6.45, 7) is 1.57. The second kappa shape index (κ2) is 7.76. The normalized spacial score (nSPS) is 17.2. The van der Waals surface area contributed by atoms with E-state index >= 15 is 0 Å². The van der Waals surface area contributed by atoms with Gasteiger partial charge < -0.3 is 9.64 Å². The van der Waals surface area contributed by atoms with Crippen molar-refractivity contribution >= 4 is 21.6 Å². The molecule has 0 atom stereocenters. The fourth-order valence-electron chi connectivity index (χ4n) is 4.02. The van der Waals surface area contributed by atoms with Gasteiger partial charge >= 0.3 is 0 Å². The Morgan fingerprint density at radius 1 is 1.03 bits per heavy atom. The maximum absolute atomic E-state index is 13.7. The lowest BCUT2D eigenvalue weighted by molar-refractivity contribution is 0.0981. The van der Waals surface area contributed by atoms with Crippen LogP contribution >= 0.6 is 0 Å². The molecule has 1 saturated heterocycles. The van der Waals surface area contributed by atoms with E-state index in [4.69, 9.17) is 4.74 Å². The van der Waals surface area contributed by atoms with Crippen LogP contribution in [-0.2, 0) is 16.4 Å². The molecule has 0 unspecified atom stereocenters. The van der Waals surface area contributed by atoms with E-state index in [9.17, 15) is 17.6 Å². The summed E-state index contributed by atoms with van der Waals surface area (Å²) in [6, 6.07) is 8.75. The van der Waals surface area contributed by atoms with Gasteiger partial charge in [-0.25, -0.2) is 12.8 Å². The highest BCUT2D eigenvalue weighted by Gasteiger charge is 2.30. The minimum atomic E-state index is -3.52. The smallest absolute Gasteiger partial charge is 0.262 e. The van der Waals surface area contributed by atoms with Gasteiger partial charge in [-0.3, -0.25) is 4.79 Å². The number of carbonyl (C=O) groups is 1. The number of ether oxygens (including phenoxy) is 1. The van der Waals surface area contributed by atoms with Crippen LogP contribution in [0.15, 0.2) is 41.3 Å². The van der Waals surface area contributed by atoms with E-state index in [1.165, 1.54) is 29.6 Å². The summed E-state index contributed by atoms with van der Waals surface area (Å²) in [5.74, 6) is -0.576. The van der Waals surface area contributed by atoms with E-state index in [0.29, 0.717) is 43.9 Å². The molecule has 0 saturated carbocycles. The zero-order valence-corrected chi connectivity index (χ0v) is 17.0. The van der Waals surface area contributed by atoms with E-state index < -0.39 is 15.8 Å². The fraction of sp³-hybridized carbons (Fsp3) is 0.381. The van der Waals surface area contributed by atoms with Crippen LogP contribution in [0.3, 0.4) is 0 Å². The predicted molar refractivity (Wildman–Crippen MR) is 107 cm³/mol. The number of methoxy groups -OCH3 is 1. The topological polar surface area (TPSA) is 66.9 Å². The van der Waals surface area contributed by atoms with Crippen molar-refractivity contribution in [2.24, 2.45) is 0 Å². The molecule has 0 radical (unpaired) electrons. The molecule has 2 aliphatic rings. The van der Waals surface area contributed by atoms with Gasteiger partial charge in [0.25, 0.3) is 5.91 Å². The number of fused-ring (bicyclic) bond motifs is 1. The molecule has 1 amide bonds. The van der Waals surface area contributed by atoms with Gasteiger partial charge in [0.05, 0.1) is 17.6 Å². The average molecular weight is 418 g/mol. The molecular weight excluding hydrogens is 395 g/mol. The molecule has 1 fully saturated rings. The Morgan fingerprint density at radius 3 is 2.52 bits per heavy atom. The van der Waals surface area contributed by atoms with Crippen molar-refractivity contribution in [2.75, 3.05) is 31.6 Å². The maximum atomic E-state index is 13.7. The van der Waals surface area contributed by atoms with Crippen LogP contribution in [-0.4, -0.2) is 45.4 Å². The molecule has 29 heavy (non-hydrogen) atoms. The molecule has 6 nitrogen and oxygen atoms in total. The Bertz CT molecular complexity index is 1050. The largest absolute Gasteiger partial charge is 0.496 e. The summed E-state index contributed by atoms with van der Waals surface area (Å²) in [6.07, 6.45) is 3.14. The van der Waals surface area contributed by atoms with Crippen molar-refractivity contribution in [1.29, 1.82) is 0 Å². The van der Waals surface area contributed by atoms with Crippen LogP contribution in [0.4, 0.5) is 10.1 Å². The standard InChI is InChI=1S/C21H23FN2O4S/c1-28-20-9-6-16(22)14-18(20)21(25)24-12-4-5-15-13-17(7-8-19(15)24)29(26,27)23-10-2-3-11-23/h6-9,13-14H,2-5,10-12H2,1H3. The number of sulfonamides is 1. The molecule has 0 N–H and O–H groups in total. The lowest BCUT2D eigenvalue weighted by Crippen LogP contribution is -2.36. The molecule has 2 aliphatic heterocycles. The quantitative estimate of drug-likeness (QED) is 0.765. The lowest BCUT2D eigenvalue weighted by Gasteiger charge is -2.30. The number of rotatable bonds is 4. The Kier molecular flexibility index (Phi) is 5.31. The van der Waals surface area contributed by atoms with Crippen molar-refractivity contribution in [3.05, 3.63) is 53.3 Å². The summed E-state index contributed by atoms with van der Waals surface area (Å²) in [5, 5.41) is 0. The Labute approximate surface area is 169 Å². The zero-order chi connectivity index (χ0) is 20.6. The molecule has 2 aromatic carbocycles. The van der Waals surface area contributed by atoms with Gasteiger partial charge in [-0.1, -0.05) is 0 Å². The SMILES string of the molecule is COc1ccc(F)cc1C(=O)N1CCCc2cc(S(=O)(=O)N3CCCC3)ccc21. The van der Waals surface area contributed by atoms with Crippen LogP contribution < -0.4 is 9.64 Å². The molecule has 0 bridgehead atoms. The number of carbonyl (C=O) groups excluding carboxylic acids is 1. The first-order valence-electron chi connectivity index (χ1n) is 9.70. The zero-order valence-electron chi connectivity index (χ0n) is 16.2. The monoisotopic (exact) mass is 418 g/mol. The summed E-state index contributed by atoms with van der Waals surface area (Å²) in [5.41, 5.74) is 1.61. The third-order valence-corrected chi connectivity index (χ3v) is 7.40. The molecular formula is C21H23FN2O4S. The van der Waals surface area contributed by atoms with Crippen molar-refractivity contribution in [3.63, 3.8) is 0 Å². The number of aryl methyl sites for hydroxylation is 1. The summed E-state index contributed by atoms with van der Waals surface area (Å²) in [7, 11) is -2.08. The first kappa shape index (κ1) is 19.8. The van der Waals surface area contributed by atoms with Gasteiger partial charge in [0.2, 0.25) is 10.0 Å². The highest BCUT2D eigenvalue weighted by molar-refractivity contribution is 7.89. The number of hydrogen-bond donors (Lipinski definition) is 0. The number of benzene rings is 2. The highest BCUT2D eigenvalue weighted by Crippen LogP contribution is 2.33. The summed E-state index contributed by atoms with van der Waals surface area (Å²) in [4.78, 5) is 15.0. The molecule has 0 aromatic heterocycles. The third kappa shape index (κ3) is 3.62. The molecule has 4 rings (SSSR count). The second-order valence-corrected chi connectivity index (χ2v) is 9.24. The summed E-state index contributed by atoms with van der Waals surface area (Å²) >= 11 is 0. The second-order valence-electron chi connectivity index (χ2n) is 7.31. The first-order chi connectivity index (χ1) is 13.9. The van der Waals surface area contributed by atoms with Gasteiger partial charge in [0, 0.05) is 25.3 Å². The van der Waals surface area contributed by atoms with Gasteiger partial charge in [0.15, 0.2) is 0 Å². The van der Waals surface area contributed by atoms with Crippen molar-refractivity contribution in [1.82, 2.24) is 4.31 Å². The van der Waals surface area contributed by atoms with E-state index in [1.807, 2.05) is 0 Å². The van der Waals surface area contributed by atoms with Gasteiger partial charge in [-0.15, -0.1) is 0 Å². The van der Waals surface area contributed by atoms with Crippen LogP contribution in [0.25, 0.3) is 0 Å². The molecule has 8 heteroatoms. The average Bonchev–Trinajstić information content (AvgIpc) is 3.28. The van der Waals surface area contributed by atoms with Gasteiger partial charge in [0.1, 0.15) is 11.6 Å². The fourth-order valence-corrected chi connectivity index (χ4v) is 5.58. The van der Waals surface area contributed by atoms with E-state index in [0.717, 1.165) is 18.4 Å². The Balaban J connectivity index is 1.69. The molecule has 2 aromatic rings. The number of hydrogen-bond acceptors (Lipinski definition) is 4. The van der Waals surface area contributed by atoms with Crippen LogP contribution in [0.1, 0.15) is 35.2 Å². The molecule has 2 heterocycles. The molecule has 0 spiro atoms. The van der Waals surface area contributed by atoms with Gasteiger partial charge in [-0.2, -0.15) is 4.31 Å². The Morgan fingerprint density at radius 2 is 1.79 bits per heavy atom. The third-order valence-electron chi connectivity index (χ3n) is 5.51. The van der Waals surface area contributed by atoms with E-state index in [2.05, 4.69) is 0 Å². The first-order valence-corrected chi connectivity index (χ1v) is 11.1. The van der Waals surface area contributed by atoms with E-state index in [-0.39, 0.29) is 16.4 Å². The maximum Gasteiger partial charge on any atom is 0.262 e. The number of halogens is 1. The minimum Gasteiger partial charge on any atom is -0.496 e. The lowest BCUT2D eigenvalue weighted by atomic mass is 10.0. The number of anilines is 1. The highest BCUT2D eigenvalue weighted by atomic mass is 32.2. The van der Waals surface area contributed by atoms with Crippen LogP contribution in [0.5, 0.6) is 5.75 Å². The molecule has 0 aliphatic carbocycles. The minimum absolute atomic E-state index is 0.147. The number of nitrogens with zero attached hydrogens (tertiary/aromatic N) is 2. The Hall–Kier alpha value is -2.45. The summed E-state index contributed by atoms with van der Waals surface area (Å²) < 4.78 is 46.2. The van der Waals surface area contributed by atoms with Crippen LogP contribution in [0, 0.1) is 5.82 Å². The van der Waals surface area contributed by atoms with Gasteiger partial charge in [-0.05, 0) is 67.6 Å². The van der Waals surface area contributed by atoms with Crippen LogP contribution in [0.2, 0.25) is 0 Å². The predicted octanol–water partition coefficient (Wildman–Crippen LogP) is 3.21. The number of amides is 1.